The van der Waals surface area contributed by atoms with Crippen molar-refractivity contribution in [3.63, 3.8) is 0 Å². The molecule has 2 aliphatic carbocycles. The van der Waals surface area contributed by atoms with Crippen molar-refractivity contribution in [2.45, 2.75) is 252 Å². The Bertz CT molecular complexity index is 3970. The third-order valence-electron chi connectivity index (χ3n) is 21.0. The largest absolute Gasteiger partial charge is 0.507 e. The van der Waals surface area contributed by atoms with Crippen molar-refractivity contribution in [3.05, 3.63) is 212 Å². The van der Waals surface area contributed by atoms with Gasteiger partial charge in [-0.1, -0.05) is 253 Å². The fourth-order valence-electron chi connectivity index (χ4n) is 14.4. The maximum atomic E-state index is 12.6. The van der Waals surface area contributed by atoms with E-state index in [4.69, 9.17) is 0 Å². The minimum absolute atomic E-state index is 0.0753. The highest BCUT2D eigenvalue weighted by atomic mass is 32.2. The van der Waals surface area contributed by atoms with Gasteiger partial charge in [0.05, 0.1) is 0 Å². The van der Waals surface area contributed by atoms with Crippen LogP contribution in [-0.4, -0.2) is 41.4 Å². The monoisotopic (exact) mass is 1360 g/mol. The molecular weight excluding hydrogens is 1250 g/mol. The molecule has 0 heterocycles. The minimum Gasteiger partial charge on any atom is -0.507 e. The van der Waals surface area contributed by atoms with E-state index in [0.717, 1.165) is 128 Å². The average molecular weight is 1360 g/mol. The first-order chi connectivity index (χ1) is 45.6. The fraction of sp³-hybridized carbons (Fsp3) is 0.455. The summed E-state index contributed by atoms with van der Waals surface area (Å²) in [5.41, 5.74) is 20.9. The van der Waals surface area contributed by atoms with Crippen LogP contribution in [0.4, 0.5) is 0 Å². The Morgan fingerprint density at radius 1 is 0.312 bits per heavy atom. The summed E-state index contributed by atoms with van der Waals surface area (Å²) in [7, 11) is 0. The summed E-state index contributed by atoms with van der Waals surface area (Å²) in [6.07, 6.45) is 16.2. The molecule has 4 N–H and O–H groups in total. The maximum absolute atomic E-state index is 12.6. The molecule has 0 saturated heterocycles. The third kappa shape index (κ3) is 18.0. The van der Waals surface area contributed by atoms with Gasteiger partial charge >= 0.3 is 0 Å². The second-order valence-corrected chi connectivity index (χ2v) is 36.6. The number of hydrogen-bond donors (Lipinski definition) is 4. The van der Waals surface area contributed by atoms with Gasteiger partial charge in [0, 0.05) is 88.5 Å². The third-order valence-corrected chi connectivity index (χ3v) is 27.3. The molecule has 8 aromatic rings. The Morgan fingerprint density at radius 3 is 0.927 bits per heavy atom. The predicted octanol–water partition coefficient (Wildman–Crippen LogP) is 25.6. The Balaban J connectivity index is 0.908. The van der Waals surface area contributed by atoms with Gasteiger partial charge in [0.25, 0.3) is 0 Å². The molecule has 0 amide bonds. The number of thioether (sulfide) groups is 4. The highest BCUT2D eigenvalue weighted by Crippen LogP contribution is 2.50. The van der Waals surface area contributed by atoms with Gasteiger partial charge in [0.15, 0.2) is 0 Å². The normalized spacial score (nSPS) is 17.8. The topological polar surface area (TPSA) is 80.9 Å². The van der Waals surface area contributed by atoms with Gasteiger partial charge in [-0.3, -0.25) is 0 Å². The van der Waals surface area contributed by atoms with Gasteiger partial charge < -0.3 is 20.4 Å². The van der Waals surface area contributed by atoms with Gasteiger partial charge in [-0.05, 0) is 168 Å². The highest BCUT2D eigenvalue weighted by molar-refractivity contribution is 8.03. The standard InChI is InChI=1S/C88H110O4S4/c1-57-29-27-33-61(43-57)73-49-67(85(5,6)7)45-63(81(73)89)53-93-77-37-19-15-17-21-39-79(77)95-55-65-47-69(51-74(82(65)90)62-34-28-30-58(2)44-62)87(11,12)41-42-88(13,14)70-48-66(84(92)76(52-70)72-36-26-24-32-60(72)4)56-96-80-40-22-18-16-20-38-78(80)94-54-64-46-68(86(8,9)10)50-75(83(64)91)71-35-25-23-31-59(71)3/h23-36,43-52,77-80,89-92H,15-22,37-42,53-56H2,1-14H3/t77?,78-,79?,80?/m0/s1. The molecular formula is C88H110O4S4. The summed E-state index contributed by atoms with van der Waals surface area (Å²) in [4.78, 5) is 0. The van der Waals surface area contributed by atoms with E-state index >= 15 is 0 Å². The molecule has 0 spiro atoms. The lowest BCUT2D eigenvalue weighted by atomic mass is 9.71. The zero-order chi connectivity index (χ0) is 68.7. The van der Waals surface area contributed by atoms with Crippen molar-refractivity contribution in [3.8, 4) is 67.5 Å². The molecule has 8 heteroatoms. The predicted molar refractivity (Wildman–Crippen MR) is 422 cm³/mol. The molecule has 3 unspecified atom stereocenters. The van der Waals surface area contributed by atoms with Crippen molar-refractivity contribution in [2.75, 3.05) is 0 Å². The number of phenolic OH excluding ortho intramolecular Hbond substituents is 4. The lowest BCUT2D eigenvalue weighted by molar-refractivity contribution is 0.373. The van der Waals surface area contributed by atoms with E-state index in [2.05, 4.69) is 243 Å². The molecule has 0 aromatic heterocycles. The summed E-state index contributed by atoms with van der Waals surface area (Å²) < 4.78 is 0. The van der Waals surface area contributed by atoms with Crippen molar-refractivity contribution in [2.24, 2.45) is 0 Å². The number of phenols is 4. The highest BCUT2D eigenvalue weighted by Gasteiger charge is 2.34. The molecule has 2 aliphatic rings. The van der Waals surface area contributed by atoms with E-state index in [1.54, 1.807) is 0 Å². The van der Waals surface area contributed by atoms with E-state index in [9.17, 15) is 20.4 Å². The Morgan fingerprint density at radius 2 is 0.604 bits per heavy atom. The molecule has 0 bridgehead atoms. The number of benzene rings is 8. The summed E-state index contributed by atoms with van der Waals surface area (Å²) in [6, 6.07) is 52.3. The van der Waals surface area contributed by atoms with Gasteiger partial charge in [-0.15, -0.1) is 0 Å². The first-order valence-corrected chi connectivity index (χ1v) is 40.0. The van der Waals surface area contributed by atoms with Gasteiger partial charge in [-0.2, -0.15) is 47.0 Å². The maximum Gasteiger partial charge on any atom is 0.127 e. The van der Waals surface area contributed by atoms with Crippen LogP contribution in [-0.2, 0) is 44.7 Å². The van der Waals surface area contributed by atoms with Crippen LogP contribution in [0.15, 0.2) is 146 Å². The van der Waals surface area contributed by atoms with Gasteiger partial charge in [0.2, 0.25) is 0 Å². The second-order valence-electron chi connectivity index (χ2n) is 31.6. The van der Waals surface area contributed by atoms with Crippen LogP contribution in [0.2, 0.25) is 0 Å². The van der Waals surface area contributed by atoms with E-state index in [1.165, 1.54) is 84.7 Å². The first kappa shape index (κ1) is 73.1. The van der Waals surface area contributed by atoms with Crippen molar-refractivity contribution in [1.29, 1.82) is 0 Å². The smallest absolute Gasteiger partial charge is 0.127 e. The zero-order valence-corrected chi connectivity index (χ0v) is 63.6. The molecule has 2 fully saturated rings. The molecule has 4 atom stereocenters. The van der Waals surface area contributed by atoms with Crippen LogP contribution in [0.3, 0.4) is 0 Å². The molecule has 8 aromatic carbocycles. The number of aryl methyl sites for hydroxylation is 4. The molecule has 2 saturated carbocycles. The quantitative estimate of drug-likeness (QED) is 0.0567. The number of aromatic hydroxyl groups is 4. The Kier molecular flexibility index (Phi) is 24.1. The molecule has 10 rings (SSSR count). The Labute approximate surface area is 595 Å². The van der Waals surface area contributed by atoms with Crippen LogP contribution in [0.1, 0.15) is 226 Å². The van der Waals surface area contributed by atoms with Gasteiger partial charge in [-0.25, -0.2) is 0 Å². The SMILES string of the molecule is Cc1cccc(-c2cc(C(C)(C)C)cc(CSC3CCCCCCC3SCc3cc(C(C)(C)CCC(C)(C)c4cc(CSC5CCCCCC[C@@H]5SCc5cc(C(C)(C)C)cc(-c6ccccc6C)c5O)c(O)c(-c5ccccc5C)c4)cc(-c4cccc(C)c4)c3O)c2O)c1. The molecule has 4 nitrogen and oxygen atoms in total. The van der Waals surface area contributed by atoms with E-state index < -0.39 is 0 Å². The van der Waals surface area contributed by atoms with E-state index in [-0.39, 0.29) is 21.7 Å². The van der Waals surface area contributed by atoms with E-state index in [1.807, 2.05) is 47.0 Å². The summed E-state index contributed by atoms with van der Waals surface area (Å²) >= 11 is 8.11. The van der Waals surface area contributed by atoms with Crippen molar-refractivity contribution < 1.29 is 20.4 Å². The average Bonchev–Trinajstić information content (AvgIpc) is 0.812. The van der Waals surface area contributed by atoms with Gasteiger partial charge in [0.1, 0.15) is 23.0 Å². The van der Waals surface area contributed by atoms with Crippen LogP contribution in [0, 0.1) is 27.7 Å². The molecule has 0 aliphatic heterocycles. The lowest BCUT2D eigenvalue weighted by Gasteiger charge is -2.34. The fourth-order valence-corrected chi connectivity index (χ4v) is 20.5. The van der Waals surface area contributed by atoms with E-state index in [0.29, 0.717) is 55.5 Å². The van der Waals surface area contributed by atoms with Crippen molar-refractivity contribution in [1.82, 2.24) is 0 Å². The van der Waals surface area contributed by atoms with Crippen molar-refractivity contribution >= 4 is 47.0 Å². The van der Waals surface area contributed by atoms with Crippen LogP contribution >= 0.6 is 47.0 Å². The number of hydrogen-bond acceptors (Lipinski definition) is 8. The molecule has 96 heavy (non-hydrogen) atoms. The molecule has 0 radical (unpaired) electrons. The minimum atomic E-state index is -0.256. The molecule has 510 valence electrons. The van der Waals surface area contributed by atoms with Crippen LogP contribution in [0.25, 0.3) is 44.5 Å². The number of rotatable bonds is 21. The van der Waals surface area contributed by atoms with Crippen LogP contribution < -0.4 is 0 Å². The lowest BCUT2D eigenvalue weighted by Crippen LogP contribution is -2.25. The summed E-state index contributed by atoms with van der Waals surface area (Å²) in [5.74, 6) is 4.49. The zero-order valence-electron chi connectivity index (χ0n) is 60.3. The Hall–Kier alpha value is -5.64. The summed E-state index contributed by atoms with van der Waals surface area (Å²) in [5, 5.41) is 51.0. The summed E-state index contributed by atoms with van der Waals surface area (Å²) in [6.45, 7) is 31.7. The first-order valence-electron chi connectivity index (χ1n) is 35.8. The second kappa shape index (κ2) is 31.7. The van der Waals surface area contributed by atoms with Crippen LogP contribution in [0.5, 0.6) is 23.0 Å².